The fourth-order valence-corrected chi connectivity index (χ4v) is 1.93. The first-order valence-corrected chi connectivity index (χ1v) is 6.63. The fraction of sp³-hybridized carbons (Fsp3) is 0.533. The van der Waals surface area contributed by atoms with Crippen LogP contribution in [0.5, 0.6) is 5.75 Å². The number of ether oxygens (including phenoxy) is 1. The quantitative estimate of drug-likeness (QED) is 0.819. The van der Waals surface area contributed by atoms with Crippen molar-refractivity contribution in [3.8, 4) is 5.75 Å². The van der Waals surface area contributed by atoms with Gasteiger partial charge in [0.1, 0.15) is 5.75 Å². The molecular weight excluding hydrogens is 242 g/mol. The Kier molecular flexibility index (Phi) is 4.10. The predicted molar refractivity (Wildman–Crippen MR) is 73.2 cm³/mol. The van der Waals surface area contributed by atoms with E-state index < -0.39 is 0 Å². The van der Waals surface area contributed by atoms with Gasteiger partial charge in [-0.15, -0.1) is 0 Å². The molecule has 0 unspecified atom stereocenters. The standard InChI is InChI=1S/C15H21NO3/c1-11-4-3-5-13(12(11)2)19-8-14(18)16-9-15(10-17)6-7-15/h3-5,17H,6-10H2,1-2H3,(H,16,18). The molecule has 1 aromatic rings. The van der Waals surface area contributed by atoms with Gasteiger partial charge in [0.25, 0.3) is 5.91 Å². The molecule has 1 saturated carbocycles. The third kappa shape index (κ3) is 3.47. The lowest BCUT2D eigenvalue weighted by atomic mass is 10.1. The van der Waals surface area contributed by atoms with Gasteiger partial charge in [0.15, 0.2) is 6.61 Å². The maximum Gasteiger partial charge on any atom is 0.257 e. The molecule has 2 rings (SSSR count). The van der Waals surface area contributed by atoms with Crippen LogP contribution in [-0.2, 0) is 4.79 Å². The number of benzene rings is 1. The molecule has 4 heteroatoms. The van der Waals surface area contributed by atoms with Crippen LogP contribution in [0.4, 0.5) is 0 Å². The zero-order chi connectivity index (χ0) is 13.9. The van der Waals surface area contributed by atoms with Crippen molar-refractivity contribution in [3.63, 3.8) is 0 Å². The van der Waals surface area contributed by atoms with Gasteiger partial charge in [-0.25, -0.2) is 0 Å². The first-order chi connectivity index (χ1) is 9.06. The molecular formula is C15H21NO3. The van der Waals surface area contributed by atoms with E-state index >= 15 is 0 Å². The minimum Gasteiger partial charge on any atom is -0.483 e. The van der Waals surface area contributed by atoms with Gasteiger partial charge in [-0.1, -0.05) is 12.1 Å². The summed E-state index contributed by atoms with van der Waals surface area (Å²) in [5, 5.41) is 12.0. The Morgan fingerprint density at radius 3 is 2.79 bits per heavy atom. The van der Waals surface area contributed by atoms with Crippen LogP contribution in [0.1, 0.15) is 24.0 Å². The topological polar surface area (TPSA) is 58.6 Å². The molecule has 2 N–H and O–H groups in total. The van der Waals surface area contributed by atoms with Crippen LogP contribution in [0, 0.1) is 19.3 Å². The SMILES string of the molecule is Cc1cccc(OCC(=O)NCC2(CO)CC2)c1C. The Balaban J connectivity index is 1.78. The first-order valence-electron chi connectivity index (χ1n) is 6.63. The second-order valence-corrected chi connectivity index (χ2v) is 5.42. The van der Waals surface area contributed by atoms with Crippen LogP contribution >= 0.6 is 0 Å². The molecule has 1 fully saturated rings. The van der Waals surface area contributed by atoms with Gasteiger partial charge < -0.3 is 15.2 Å². The van der Waals surface area contributed by atoms with Crippen LogP contribution in [0.2, 0.25) is 0 Å². The van der Waals surface area contributed by atoms with Gasteiger partial charge in [-0.2, -0.15) is 0 Å². The minimum atomic E-state index is -0.138. The van der Waals surface area contributed by atoms with Crippen molar-refractivity contribution in [2.45, 2.75) is 26.7 Å². The van der Waals surface area contributed by atoms with Gasteiger partial charge in [-0.3, -0.25) is 4.79 Å². The maximum absolute atomic E-state index is 11.7. The summed E-state index contributed by atoms with van der Waals surface area (Å²) in [4.78, 5) is 11.7. The Bertz CT molecular complexity index is 466. The molecule has 0 radical (unpaired) electrons. The predicted octanol–water partition coefficient (Wildman–Crippen LogP) is 1.57. The first kappa shape index (κ1) is 13.9. The summed E-state index contributed by atoms with van der Waals surface area (Å²) >= 11 is 0. The Labute approximate surface area is 113 Å². The number of amides is 1. The van der Waals surface area contributed by atoms with Crippen LogP contribution in [-0.4, -0.2) is 30.8 Å². The molecule has 1 aliphatic carbocycles. The second-order valence-electron chi connectivity index (χ2n) is 5.42. The molecule has 0 heterocycles. The third-order valence-electron chi connectivity index (χ3n) is 3.87. The number of nitrogens with one attached hydrogen (secondary N) is 1. The lowest BCUT2D eigenvalue weighted by Crippen LogP contribution is -2.35. The largest absolute Gasteiger partial charge is 0.483 e. The van der Waals surface area contributed by atoms with Crippen LogP contribution in [0.3, 0.4) is 0 Å². The van der Waals surface area contributed by atoms with E-state index in [2.05, 4.69) is 5.32 Å². The van der Waals surface area contributed by atoms with Crippen molar-refractivity contribution in [3.05, 3.63) is 29.3 Å². The van der Waals surface area contributed by atoms with E-state index in [0.717, 1.165) is 29.7 Å². The van der Waals surface area contributed by atoms with E-state index in [1.54, 1.807) is 0 Å². The molecule has 1 aromatic carbocycles. The van der Waals surface area contributed by atoms with Gasteiger partial charge in [0, 0.05) is 12.0 Å². The highest BCUT2D eigenvalue weighted by Gasteiger charge is 2.42. The van der Waals surface area contributed by atoms with Crippen molar-refractivity contribution in [1.82, 2.24) is 5.32 Å². The van der Waals surface area contributed by atoms with Crippen molar-refractivity contribution in [2.75, 3.05) is 19.8 Å². The Morgan fingerprint density at radius 1 is 1.42 bits per heavy atom. The average molecular weight is 263 g/mol. The zero-order valence-electron chi connectivity index (χ0n) is 11.5. The summed E-state index contributed by atoms with van der Waals surface area (Å²) in [6.07, 6.45) is 1.98. The molecule has 104 valence electrons. The van der Waals surface area contributed by atoms with Crippen LogP contribution < -0.4 is 10.1 Å². The smallest absolute Gasteiger partial charge is 0.257 e. The molecule has 19 heavy (non-hydrogen) atoms. The second kappa shape index (κ2) is 5.61. The van der Waals surface area contributed by atoms with Gasteiger partial charge in [-0.05, 0) is 43.9 Å². The molecule has 0 aromatic heterocycles. The average Bonchev–Trinajstić information content (AvgIpc) is 3.19. The van der Waals surface area contributed by atoms with E-state index in [9.17, 15) is 4.79 Å². The Hall–Kier alpha value is -1.55. The third-order valence-corrected chi connectivity index (χ3v) is 3.87. The minimum absolute atomic E-state index is 0.0196. The fourth-order valence-electron chi connectivity index (χ4n) is 1.93. The summed E-state index contributed by atoms with van der Waals surface area (Å²) in [5.41, 5.74) is 2.15. The summed E-state index contributed by atoms with van der Waals surface area (Å²) in [5.74, 6) is 0.610. The normalized spacial score (nSPS) is 15.9. The van der Waals surface area contributed by atoms with Gasteiger partial charge in [0.2, 0.25) is 0 Å². The molecule has 1 aliphatic rings. The molecule has 0 aliphatic heterocycles. The number of aliphatic hydroxyl groups is 1. The van der Waals surface area contributed by atoms with E-state index in [1.807, 2.05) is 32.0 Å². The van der Waals surface area contributed by atoms with Crippen LogP contribution in [0.25, 0.3) is 0 Å². The van der Waals surface area contributed by atoms with E-state index in [4.69, 9.17) is 9.84 Å². The number of aryl methyl sites for hydroxylation is 1. The number of carbonyl (C=O) groups excluding carboxylic acids is 1. The van der Waals surface area contributed by atoms with Crippen molar-refractivity contribution in [1.29, 1.82) is 0 Å². The number of carbonyl (C=O) groups is 1. The number of aliphatic hydroxyl groups excluding tert-OH is 1. The number of hydrogen-bond acceptors (Lipinski definition) is 3. The lowest BCUT2D eigenvalue weighted by molar-refractivity contribution is -0.123. The number of rotatable bonds is 6. The molecule has 1 amide bonds. The summed E-state index contributed by atoms with van der Waals surface area (Å²) < 4.78 is 5.52. The van der Waals surface area contributed by atoms with E-state index in [1.165, 1.54) is 0 Å². The van der Waals surface area contributed by atoms with E-state index in [0.29, 0.717) is 6.54 Å². The monoisotopic (exact) mass is 263 g/mol. The van der Waals surface area contributed by atoms with E-state index in [-0.39, 0.29) is 24.5 Å². The summed E-state index contributed by atoms with van der Waals surface area (Å²) in [7, 11) is 0. The zero-order valence-corrected chi connectivity index (χ0v) is 11.5. The van der Waals surface area contributed by atoms with Crippen molar-refractivity contribution in [2.24, 2.45) is 5.41 Å². The molecule has 4 nitrogen and oxygen atoms in total. The molecule has 0 atom stereocenters. The highest BCUT2D eigenvalue weighted by atomic mass is 16.5. The Morgan fingerprint density at radius 2 is 2.16 bits per heavy atom. The van der Waals surface area contributed by atoms with Crippen LogP contribution in [0.15, 0.2) is 18.2 Å². The highest BCUT2D eigenvalue weighted by molar-refractivity contribution is 5.77. The molecule has 0 spiro atoms. The highest BCUT2D eigenvalue weighted by Crippen LogP contribution is 2.44. The summed E-state index contributed by atoms with van der Waals surface area (Å²) in [6.45, 7) is 4.70. The van der Waals surface area contributed by atoms with Crippen molar-refractivity contribution < 1.29 is 14.6 Å². The van der Waals surface area contributed by atoms with Gasteiger partial charge in [0.05, 0.1) is 6.61 Å². The summed E-state index contributed by atoms with van der Waals surface area (Å²) in [6, 6.07) is 5.80. The molecule has 0 saturated heterocycles. The lowest BCUT2D eigenvalue weighted by Gasteiger charge is -2.14. The number of hydrogen-bond donors (Lipinski definition) is 2. The molecule has 0 bridgehead atoms. The maximum atomic E-state index is 11.7. The van der Waals surface area contributed by atoms with Gasteiger partial charge >= 0.3 is 0 Å². The van der Waals surface area contributed by atoms with Crippen molar-refractivity contribution >= 4 is 5.91 Å².